The first-order valence-electron chi connectivity index (χ1n) is 7.15. The summed E-state index contributed by atoms with van der Waals surface area (Å²) in [5.41, 5.74) is 1.31. The lowest BCUT2D eigenvalue weighted by molar-refractivity contribution is -0.137. The number of hydrogen-bond acceptors (Lipinski definition) is 2. The van der Waals surface area contributed by atoms with Crippen LogP contribution in [0.2, 0.25) is 0 Å². The smallest absolute Gasteiger partial charge is 0.416 e. The molecule has 0 aliphatic heterocycles. The van der Waals surface area contributed by atoms with Crippen LogP contribution >= 0.6 is 0 Å². The monoisotopic (exact) mass is 338 g/mol. The van der Waals surface area contributed by atoms with Gasteiger partial charge in [0.05, 0.1) is 18.4 Å². The molecule has 0 aromatic heterocycles. The zero-order valence-corrected chi connectivity index (χ0v) is 13.2. The molecule has 2 amide bonds. The number of aryl methyl sites for hydroxylation is 1. The number of nitrogens with one attached hydrogen (secondary N) is 2. The maximum atomic E-state index is 12.5. The van der Waals surface area contributed by atoms with E-state index >= 15 is 0 Å². The quantitative estimate of drug-likeness (QED) is 0.871. The van der Waals surface area contributed by atoms with Gasteiger partial charge in [0.1, 0.15) is 5.75 Å². The lowest BCUT2D eigenvalue weighted by Gasteiger charge is -2.12. The highest BCUT2D eigenvalue weighted by Crippen LogP contribution is 2.29. The Hall–Kier alpha value is -2.70. The molecule has 0 saturated heterocycles. The Morgan fingerprint density at radius 2 is 1.79 bits per heavy atom. The first kappa shape index (κ1) is 17.7. The summed E-state index contributed by atoms with van der Waals surface area (Å²) in [5, 5.41) is 5.24. The van der Waals surface area contributed by atoms with Crippen molar-refractivity contribution in [2.45, 2.75) is 19.6 Å². The Balaban J connectivity index is 1.95. The number of carbonyl (C=O) groups is 1. The van der Waals surface area contributed by atoms with Gasteiger partial charge in [-0.05, 0) is 42.3 Å². The number of methoxy groups -OCH3 is 1. The van der Waals surface area contributed by atoms with Gasteiger partial charge in [0, 0.05) is 6.54 Å². The molecule has 7 heteroatoms. The van der Waals surface area contributed by atoms with Crippen LogP contribution in [0.3, 0.4) is 0 Å². The van der Waals surface area contributed by atoms with Gasteiger partial charge in [-0.25, -0.2) is 4.79 Å². The molecule has 0 spiro atoms. The molecule has 128 valence electrons. The van der Waals surface area contributed by atoms with Crippen molar-refractivity contribution in [1.82, 2.24) is 5.32 Å². The molecule has 2 N–H and O–H groups in total. The van der Waals surface area contributed by atoms with E-state index in [9.17, 15) is 18.0 Å². The number of carbonyl (C=O) groups excluding carboxylic acids is 1. The molecular weight excluding hydrogens is 321 g/mol. The van der Waals surface area contributed by atoms with Gasteiger partial charge >= 0.3 is 12.2 Å². The van der Waals surface area contributed by atoms with Crippen LogP contribution in [0.15, 0.2) is 42.5 Å². The third kappa shape index (κ3) is 4.65. The Bertz CT molecular complexity index is 713. The summed E-state index contributed by atoms with van der Waals surface area (Å²) in [4.78, 5) is 11.9. The molecule has 0 heterocycles. The number of rotatable bonds is 4. The summed E-state index contributed by atoms with van der Waals surface area (Å²) in [6, 6.07) is 9.50. The highest BCUT2D eigenvalue weighted by molar-refractivity contribution is 5.91. The molecule has 4 nitrogen and oxygen atoms in total. The third-order valence-corrected chi connectivity index (χ3v) is 3.34. The minimum Gasteiger partial charge on any atom is -0.495 e. The largest absolute Gasteiger partial charge is 0.495 e. The van der Waals surface area contributed by atoms with Crippen molar-refractivity contribution in [2.24, 2.45) is 0 Å². The number of benzene rings is 2. The van der Waals surface area contributed by atoms with Crippen molar-refractivity contribution in [2.75, 3.05) is 12.4 Å². The maximum Gasteiger partial charge on any atom is 0.416 e. The normalized spacial score (nSPS) is 11.0. The van der Waals surface area contributed by atoms with Gasteiger partial charge in [-0.3, -0.25) is 0 Å². The zero-order valence-electron chi connectivity index (χ0n) is 13.2. The van der Waals surface area contributed by atoms with Crippen molar-refractivity contribution in [3.8, 4) is 5.75 Å². The summed E-state index contributed by atoms with van der Waals surface area (Å²) < 4.78 is 42.6. The highest BCUT2D eigenvalue weighted by atomic mass is 19.4. The standard InChI is InChI=1S/C17H17F3N2O2/c1-11-3-8-15(24-2)14(9-11)22-16(23)21-10-12-4-6-13(7-5-12)17(18,19)20/h3-9H,10H2,1-2H3,(H2,21,22,23). The molecule has 0 saturated carbocycles. The Morgan fingerprint density at radius 3 is 2.38 bits per heavy atom. The Kier molecular flexibility index (Phi) is 5.33. The van der Waals surface area contributed by atoms with E-state index < -0.39 is 17.8 Å². The predicted molar refractivity (Wildman–Crippen MR) is 85.0 cm³/mol. The molecule has 0 radical (unpaired) electrons. The van der Waals surface area contributed by atoms with Crippen LogP contribution < -0.4 is 15.4 Å². The summed E-state index contributed by atoms with van der Waals surface area (Å²) in [5.74, 6) is 0.519. The minimum absolute atomic E-state index is 0.109. The fraction of sp³-hybridized carbons (Fsp3) is 0.235. The van der Waals surface area contributed by atoms with Crippen LogP contribution in [0.1, 0.15) is 16.7 Å². The lowest BCUT2D eigenvalue weighted by atomic mass is 10.1. The van der Waals surface area contributed by atoms with E-state index in [-0.39, 0.29) is 6.54 Å². The Morgan fingerprint density at radius 1 is 1.12 bits per heavy atom. The topological polar surface area (TPSA) is 50.4 Å². The second-order valence-electron chi connectivity index (χ2n) is 5.21. The minimum atomic E-state index is -4.37. The van der Waals surface area contributed by atoms with Crippen LogP contribution in [0.25, 0.3) is 0 Å². The fourth-order valence-corrected chi connectivity index (χ4v) is 2.08. The Labute approximate surface area is 137 Å². The summed E-state index contributed by atoms with van der Waals surface area (Å²) in [6.07, 6.45) is -4.37. The molecule has 24 heavy (non-hydrogen) atoms. The molecular formula is C17H17F3N2O2. The average molecular weight is 338 g/mol. The van der Waals surface area contributed by atoms with Crippen molar-refractivity contribution >= 4 is 11.7 Å². The van der Waals surface area contributed by atoms with Crippen molar-refractivity contribution < 1.29 is 22.7 Å². The van der Waals surface area contributed by atoms with Crippen LogP contribution in [0.4, 0.5) is 23.7 Å². The van der Waals surface area contributed by atoms with Gasteiger partial charge in [0.25, 0.3) is 0 Å². The van der Waals surface area contributed by atoms with Crippen LogP contribution in [-0.4, -0.2) is 13.1 Å². The number of halogens is 3. The molecule has 0 aliphatic carbocycles. The van der Waals surface area contributed by atoms with Gasteiger partial charge in [-0.15, -0.1) is 0 Å². The summed E-state index contributed by atoms with van der Waals surface area (Å²) >= 11 is 0. The molecule has 0 aliphatic rings. The van der Waals surface area contributed by atoms with E-state index in [0.717, 1.165) is 17.7 Å². The zero-order chi connectivity index (χ0) is 17.7. The van der Waals surface area contributed by atoms with Gasteiger partial charge in [0.15, 0.2) is 0 Å². The van der Waals surface area contributed by atoms with Gasteiger partial charge in [-0.2, -0.15) is 13.2 Å². The second-order valence-corrected chi connectivity index (χ2v) is 5.21. The van der Waals surface area contributed by atoms with E-state index in [0.29, 0.717) is 17.0 Å². The molecule has 2 aromatic carbocycles. The first-order valence-corrected chi connectivity index (χ1v) is 7.15. The molecule has 0 fully saturated rings. The van der Waals surface area contributed by atoms with Crippen molar-refractivity contribution in [3.63, 3.8) is 0 Å². The van der Waals surface area contributed by atoms with E-state index in [1.807, 2.05) is 13.0 Å². The number of ether oxygens (including phenoxy) is 1. The van der Waals surface area contributed by atoms with Gasteiger partial charge in [-0.1, -0.05) is 18.2 Å². The number of anilines is 1. The SMILES string of the molecule is COc1ccc(C)cc1NC(=O)NCc1ccc(C(F)(F)F)cc1. The average Bonchev–Trinajstić information content (AvgIpc) is 2.53. The van der Waals surface area contributed by atoms with Gasteiger partial charge in [0.2, 0.25) is 0 Å². The van der Waals surface area contributed by atoms with E-state index in [1.54, 1.807) is 12.1 Å². The summed E-state index contributed by atoms with van der Waals surface area (Å²) in [6.45, 7) is 1.99. The number of urea groups is 1. The lowest BCUT2D eigenvalue weighted by Crippen LogP contribution is -2.28. The van der Waals surface area contributed by atoms with Crippen LogP contribution in [0, 0.1) is 6.92 Å². The van der Waals surface area contributed by atoms with Crippen LogP contribution in [-0.2, 0) is 12.7 Å². The van der Waals surface area contributed by atoms with E-state index in [2.05, 4.69) is 10.6 Å². The number of amides is 2. The highest BCUT2D eigenvalue weighted by Gasteiger charge is 2.29. The van der Waals surface area contributed by atoms with E-state index in [4.69, 9.17) is 4.74 Å². The predicted octanol–water partition coefficient (Wildman–Crippen LogP) is 4.34. The number of hydrogen-bond donors (Lipinski definition) is 2. The number of alkyl halides is 3. The molecule has 0 bridgehead atoms. The van der Waals surface area contributed by atoms with Crippen molar-refractivity contribution in [3.05, 3.63) is 59.2 Å². The van der Waals surface area contributed by atoms with Crippen LogP contribution in [0.5, 0.6) is 5.75 Å². The fourth-order valence-electron chi connectivity index (χ4n) is 2.08. The molecule has 0 unspecified atom stereocenters. The third-order valence-electron chi connectivity index (χ3n) is 3.34. The van der Waals surface area contributed by atoms with E-state index in [1.165, 1.54) is 19.2 Å². The molecule has 0 atom stereocenters. The maximum absolute atomic E-state index is 12.5. The van der Waals surface area contributed by atoms with Crippen molar-refractivity contribution in [1.29, 1.82) is 0 Å². The molecule has 2 aromatic rings. The first-order chi connectivity index (χ1) is 11.3. The summed E-state index contributed by atoms with van der Waals surface area (Å²) in [7, 11) is 1.50. The van der Waals surface area contributed by atoms with Gasteiger partial charge < -0.3 is 15.4 Å². The molecule has 2 rings (SSSR count). The second kappa shape index (κ2) is 7.25.